The van der Waals surface area contributed by atoms with E-state index in [2.05, 4.69) is 22.1 Å². The van der Waals surface area contributed by atoms with E-state index in [1.54, 1.807) is 0 Å². The van der Waals surface area contributed by atoms with Crippen molar-refractivity contribution in [2.24, 2.45) is 0 Å². The molecular weight excluding hydrogens is 296 g/mol. The molecule has 7 nitrogen and oxygen atoms in total. The number of nitrogens with zero attached hydrogens (tertiary/aromatic N) is 4. The van der Waals surface area contributed by atoms with Gasteiger partial charge in [-0.1, -0.05) is 31.2 Å². The minimum absolute atomic E-state index is 0.0238. The molecule has 1 aromatic heterocycles. The highest BCUT2D eigenvalue weighted by Gasteiger charge is 2.27. The van der Waals surface area contributed by atoms with Crippen LogP contribution in [0.4, 0.5) is 11.6 Å². The van der Waals surface area contributed by atoms with E-state index < -0.39 is 4.92 Å². The number of hydrogen-bond donors (Lipinski definition) is 0. The van der Waals surface area contributed by atoms with Crippen molar-refractivity contribution in [1.29, 1.82) is 0 Å². The van der Waals surface area contributed by atoms with E-state index in [4.69, 9.17) is 4.74 Å². The van der Waals surface area contributed by atoms with E-state index >= 15 is 0 Å². The van der Waals surface area contributed by atoms with Crippen LogP contribution in [0, 0.1) is 10.1 Å². The molecule has 0 saturated heterocycles. The van der Waals surface area contributed by atoms with Gasteiger partial charge in [0.05, 0.1) is 12.0 Å². The quantitative estimate of drug-likeness (QED) is 0.637. The van der Waals surface area contributed by atoms with E-state index in [0.717, 1.165) is 13.0 Å². The third-order valence-electron chi connectivity index (χ3n) is 4.04. The van der Waals surface area contributed by atoms with Gasteiger partial charge in [-0.15, -0.1) is 0 Å². The van der Waals surface area contributed by atoms with Crippen LogP contribution in [0.15, 0.2) is 24.3 Å². The lowest BCUT2D eigenvalue weighted by Gasteiger charge is -2.29. The number of ether oxygens (including phenoxy) is 1. The molecule has 2 aromatic rings. The first-order valence-electron chi connectivity index (χ1n) is 7.55. The fraction of sp³-hybridized carbons (Fsp3) is 0.375. The van der Waals surface area contributed by atoms with E-state index in [9.17, 15) is 10.1 Å². The van der Waals surface area contributed by atoms with Crippen LogP contribution >= 0.6 is 0 Å². The molecule has 0 unspecified atom stereocenters. The van der Waals surface area contributed by atoms with Gasteiger partial charge in [0.15, 0.2) is 0 Å². The van der Waals surface area contributed by atoms with Crippen LogP contribution in [0.5, 0.6) is 5.88 Å². The van der Waals surface area contributed by atoms with Gasteiger partial charge in [0.25, 0.3) is 5.88 Å². The molecule has 120 valence electrons. The molecule has 7 heteroatoms. The maximum atomic E-state index is 11.2. The number of benzene rings is 1. The number of nitro groups is 1. The second-order valence-electron chi connectivity index (χ2n) is 5.38. The van der Waals surface area contributed by atoms with Gasteiger partial charge in [-0.2, -0.15) is 4.98 Å². The third kappa shape index (κ3) is 2.81. The van der Waals surface area contributed by atoms with E-state index in [1.165, 1.54) is 18.2 Å². The molecule has 1 aliphatic rings. The summed E-state index contributed by atoms with van der Waals surface area (Å²) in [7, 11) is 1.39. The van der Waals surface area contributed by atoms with Crippen molar-refractivity contribution in [3.63, 3.8) is 0 Å². The minimum atomic E-state index is -0.479. The number of hydrogen-bond acceptors (Lipinski definition) is 6. The number of rotatable bonds is 4. The molecule has 0 aliphatic carbocycles. The third-order valence-corrected chi connectivity index (χ3v) is 4.04. The zero-order chi connectivity index (χ0) is 16.4. The Morgan fingerprint density at radius 2 is 2.04 bits per heavy atom. The molecule has 1 aliphatic heterocycles. The first kappa shape index (κ1) is 15.2. The summed E-state index contributed by atoms with van der Waals surface area (Å²) in [6, 6.07) is 8.26. The largest absolute Gasteiger partial charge is 0.476 e. The first-order valence-corrected chi connectivity index (χ1v) is 7.55. The van der Waals surface area contributed by atoms with Gasteiger partial charge in [0.1, 0.15) is 5.69 Å². The van der Waals surface area contributed by atoms with Crippen LogP contribution in [-0.2, 0) is 19.4 Å². The lowest BCUT2D eigenvalue weighted by molar-refractivity contribution is -0.387. The number of anilines is 1. The van der Waals surface area contributed by atoms with Crippen LogP contribution in [0.3, 0.4) is 0 Å². The minimum Gasteiger partial charge on any atom is -0.476 e. The summed E-state index contributed by atoms with van der Waals surface area (Å²) >= 11 is 0. The highest BCUT2D eigenvalue weighted by atomic mass is 16.6. The Balaban J connectivity index is 1.99. The summed E-state index contributed by atoms with van der Waals surface area (Å²) in [6.45, 7) is 3.31. The highest BCUT2D eigenvalue weighted by Crippen LogP contribution is 2.31. The van der Waals surface area contributed by atoms with Gasteiger partial charge in [-0.3, -0.25) is 10.1 Å². The van der Waals surface area contributed by atoms with E-state index in [1.807, 2.05) is 24.0 Å². The summed E-state index contributed by atoms with van der Waals surface area (Å²) in [6.07, 6.45) is 1.35. The summed E-state index contributed by atoms with van der Waals surface area (Å²) < 4.78 is 5.13. The Kier molecular flexibility index (Phi) is 4.10. The molecule has 0 radical (unpaired) electrons. The number of methoxy groups -OCH3 is 1. The molecule has 0 spiro atoms. The van der Waals surface area contributed by atoms with Crippen molar-refractivity contribution < 1.29 is 9.66 Å². The van der Waals surface area contributed by atoms with Gasteiger partial charge in [-0.05, 0) is 24.0 Å². The highest BCUT2D eigenvalue weighted by molar-refractivity contribution is 5.51. The summed E-state index contributed by atoms with van der Waals surface area (Å²) in [4.78, 5) is 21.5. The lowest BCUT2D eigenvalue weighted by atomic mass is 10.0. The van der Waals surface area contributed by atoms with Gasteiger partial charge in [0.2, 0.25) is 5.95 Å². The second-order valence-corrected chi connectivity index (χ2v) is 5.38. The number of aromatic nitrogens is 2. The van der Waals surface area contributed by atoms with Crippen molar-refractivity contribution in [1.82, 2.24) is 9.97 Å². The van der Waals surface area contributed by atoms with Crippen LogP contribution in [0.25, 0.3) is 0 Å². The van der Waals surface area contributed by atoms with Crippen molar-refractivity contribution in [2.45, 2.75) is 26.3 Å². The van der Waals surface area contributed by atoms with Crippen molar-refractivity contribution >= 4 is 11.6 Å². The molecular formula is C16H18N4O3. The predicted molar refractivity (Wildman–Crippen MR) is 85.8 cm³/mol. The Morgan fingerprint density at radius 3 is 2.70 bits per heavy atom. The SMILES string of the molecule is CCc1nc(N2CCc3ccccc3C2)nc(OC)c1[N+](=O)[O-]. The average Bonchev–Trinajstić information content (AvgIpc) is 2.59. The normalized spacial score (nSPS) is 13.6. The molecule has 0 N–H and O–H groups in total. The first-order chi connectivity index (χ1) is 11.1. The van der Waals surface area contributed by atoms with E-state index in [0.29, 0.717) is 24.6 Å². The molecule has 0 atom stereocenters. The number of fused-ring (bicyclic) bond motifs is 1. The van der Waals surface area contributed by atoms with Gasteiger partial charge in [-0.25, -0.2) is 4.98 Å². The molecule has 0 bridgehead atoms. The van der Waals surface area contributed by atoms with Crippen LogP contribution in [0.1, 0.15) is 23.7 Å². The molecule has 0 saturated carbocycles. The lowest BCUT2D eigenvalue weighted by Crippen LogP contribution is -2.32. The van der Waals surface area contributed by atoms with Crippen molar-refractivity contribution in [2.75, 3.05) is 18.6 Å². The average molecular weight is 314 g/mol. The Morgan fingerprint density at radius 1 is 1.30 bits per heavy atom. The molecule has 2 heterocycles. The van der Waals surface area contributed by atoms with Crippen LogP contribution in [-0.4, -0.2) is 28.5 Å². The molecule has 0 fully saturated rings. The van der Waals surface area contributed by atoms with Crippen LogP contribution in [0.2, 0.25) is 0 Å². The number of aryl methyl sites for hydroxylation is 1. The standard InChI is InChI=1S/C16H18N4O3/c1-3-13-14(20(21)22)15(23-2)18-16(17-13)19-9-8-11-6-4-5-7-12(11)10-19/h4-7H,3,8-10H2,1-2H3. The zero-order valence-corrected chi connectivity index (χ0v) is 13.2. The van der Waals surface area contributed by atoms with Crippen molar-refractivity contribution in [3.05, 3.63) is 51.2 Å². The van der Waals surface area contributed by atoms with E-state index in [-0.39, 0.29) is 11.6 Å². The predicted octanol–water partition coefficient (Wildman–Crippen LogP) is 2.52. The monoisotopic (exact) mass is 314 g/mol. The van der Waals surface area contributed by atoms with Gasteiger partial charge >= 0.3 is 5.69 Å². The summed E-state index contributed by atoms with van der Waals surface area (Å²) in [5, 5.41) is 11.2. The van der Waals surface area contributed by atoms with Crippen molar-refractivity contribution in [3.8, 4) is 5.88 Å². The maximum absolute atomic E-state index is 11.2. The van der Waals surface area contributed by atoms with Crippen LogP contribution < -0.4 is 9.64 Å². The Bertz CT molecular complexity index is 723. The Labute approximate surface area is 134 Å². The second kappa shape index (κ2) is 6.20. The smallest absolute Gasteiger partial charge is 0.352 e. The molecule has 3 rings (SSSR count). The molecule has 1 aromatic carbocycles. The summed E-state index contributed by atoms with van der Waals surface area (Å²) in [5.41, 5.74) is 2.82. The maximum Gasteiger partial charge on any atom is 0.352 e. The topological polar surface area (TPSA) is 81.4 Å². The summed E-state index contributed by atoms with van der Waals surface area (Å²) in [5.74, 6) is 0.509. The molecule has 23 heavy (non-hydrogen) atoms. The fourth-order valence-corrected chi connectivity index (χ4v) is 2.85. The fourth-order valence-electron chi connectivity index (χ4n) is 2.85. The molecule has 0 amide bonds. The zero-order valence-electron chi connectivity index (χ0n) is 13.2. The Hall–Kier alpha value is -2.70. The van der Waals surface area contributed by atoms with Gasteiger partial charge in [0, 0.05) is 13.1 Å². The van der Waals surface area contributed by atoms with Gasteiger partial charge < -0.3 is 9.64 Å².